The molecule has 8 heteroatoms. The van der Waals surface area contributed by atoms with E-state index in [1.54, 1.807) is 13.0 Å². The van der Waals surface area contributed by atoms with Gasteiger partial charge in [0, 0.05) is 19.2 Å². The van der Waals surface area contributed by atoms with Gasteiger partial charge in [0.2, 0.25) is 0 Å². The molecule has 1 saturated heterocycles. The van der Waals surface area contributed by atoms with E-state index in [0.29, 0.717) is 49.5 Å². The molecule has 1 aromatic rings. The van der Waals surface area contributed by atoms with Crippen molar-refractivity contribution < 1.29 is 22.8 Å². The molecule has 2 heterocycles. The van der Waals surface area contributed by atoms with E-state index in [4.69, 9.17) is 15.0 Å². The quantitative estimate of drug-likeness (QED) is 0.646. The monoisotopic (exact) mass is 355 g/mol. The van der Waals surface area contributed by atoms with Crippen LogP contribution in [0.4, 0.5) is 8.78 Å². The zero-order valence-corrected chi connectivity index (χ0v) is 14.6. The van der Waals surface area contributed by atoms with Crippen molar-refractivity contribution in [2.24, 2.45) is 5.73 Å². The molecule has 0 atom stereocenters. The smallest absolute Gasteiger partial charge is 0.325 e. The third-order valence-corrected chi connectivity index (χ3v) is 4.35. The standard InChI is InChI=1S/C17H23F2N3O3/c1-11(8-14(19)12(2)18)15-9-13(25-21-15)10-22-6-4-17(20,5-7-22)16(23)24-3/h8-9H,4-7,10,20H2,1-3H3/b11-8+,14-12-. The molecule has 0 bridgehead atoms. The molecule has 0 amide bonds. The molecule has 138 valence electrons. The molecule has 1 aliphatic rings. The number of ether oxygens (including phenoxy) is 1. The minimum atomic E-state index is -0.939. The topological polar surface area (TPSA) is 81.6 Å². The van der Waals surface area contributed by atoms with Gasteiger partial charge in [-0.05, 0) is 38.3 Å². The second-order valence-electron chi connectivity index (χ2n) is 6.31. The summed E-state index contributed by atoms with van der Waals surface area (Å²) in [5.41, 5.74) is 6.05. The van der Waals surface area contributed by atoms with E-state index in [9.17, 15) is 13.6 Å². The van der Waals surface area contributed by atoms with Gasteiger partial charge in [0.25, 0.3) is 0 Å². The molecule has 25 heavy (non-hydrogen) atoms. The predicted molar refractivity (Wildman–Crippen MR) is 88.5 cm³/mol. The normalized spacial score (nSPS) is 19.5. The number of methoxy groups -OCH3 is 1. The van der Waals surface area contributed by atoms with Gasteiger partial charge in [-0.15, -0.1) is 0 Å². The van der Waals surface area contributed by atoms with Gasteiger partial charge in [0.1, 0.15) is 17.1 Å². The molecule has 6 nitrogen and oxygen atoms in total. The van der Waals surface area contributed by atoms with Crippen molar-refractivity contribution in [1.29, 1.82) is 0 Å². The van der Waals surface area contributed by atoms with Crippen molar-refractivity contribution >= 4 is 11.5 Å². The molecule has 1 aromatic heterocycles. The summed E-state index contributed by atoms with van der Waals surface area (Å²) in [6, 6.07) is 1.69. The highest BCUT2D eigenvalue weighted by atomic mass is 19.2. The van der Waals surface area contributed by atoms with Gasteiger partial charge in [-0.3, -0.25) is 9.69 Å². The molecule has 1 aliphatic heterocycles. The number of hydrogen-bond donors (Lipinski definition) is 1. The van der Waals surface area contributed by atoms with Crippen molar-refractivity contribution in [1.82, 2.24) is 10.1 Å². The van der Waals surface area contributed by atoms with Crippen molar-refractivity contribution in [2.45, 2.75) is 38.8 Å². The van der Waals surface area contributed by atoms with Crippen LogP contribution in [-0.4, -0.2) is 41.8 Å². The van der Waals surface area contributed by atoms with Gasteiger partial charge in [-0.2, -0.15) is 0 Å². The van der Waals surface area contributed by atoms with E-state index in [1.807, 2.05) is 0 Å². The van der Waals surface area contributed by atoms with Gasteiger partial charge >= 0.3 is 5.97 Å². The Labute approximate surface area is 145 Å². The minimum Gasteiger partial charge on any atom is -0.468 e. The molecule has 2 rings (SSSR count). The maximum absolute atomic E-state index is 13.3. The largest absolute Gasteiger partial charge is 0.468 e. The second-order valence-corrected chi connectivity index (χ2v) is 6.31. The number of esters is 1. The molecule has 0 spiro atoms. The Morgan fingerprint density at radius 3 is 2.64 bits per heavy atom. The van der Waals surface area contributed by atoms with Crippen LogP contribution in [0.25, 0.3) is 5.57 Å². The number of nitrogens with two attached hydrogens (primary N) is 1. The minimum absolute atomic E-state index is 0.395. The molecular weight excluding hydrogens is 332 g/mol. The first-order valence-corrected chi connectivity index (χ1v) is 8.01. The summed E-state index contributed by atoms with van der Waals surface area (Å²) in [5, 5.41) is 3.88. The molecule has 1 fully saturated rings. The number of rotatable bonds is 5. The Morgan fingerprint density at radius 1 is 1.44 bits per heavy atom. The Balaban J connectivity index is 1.97. The Hall–Kier alpha value is -2.06. The van der Waals surface area contributed by atoms with Gasteiger partial charge < -0.3 is 15.0 Å². The average Bonchev–Trinajstić information content (AvgIpc) is 3.04. The number of halogens is 2. The molecule has 0 unspecified atom stereocenters. The SMILES string of the molecule is COC(=O)C1(N)CCN(Cc2cc(/C(C)=C/C(F)=C(\C)F)no2)CC1. The highest BCUT2D eigenvalue weighted by Crippen LogP contribution is 2.24. The van der Waals surface area contributed by atoms with Gasteiger partial charge in [0.05, 0.1) is 13.7 Å². The number of carbonyl (C=O) groups is 1. The third-order valence-electron chi connectivity index (χ3n) is 4.35. The zero-order valence-electron chi connectivity index (χ0n) is 14.6. The van der Waals surface area contributed by atoms with Crippen LogP contribution < -0.4 is 5.73 Å². The summed E-state index contributed by atoms with van der Waals surface area (Å²) in [6.45, 7) is 4.42. The fourth-order valence-corrected chi connectivity index (χ4v) is 2.67. The zero-order chi connectivity index (χ0) is 18.6. The molecule has 2 N–H and O–H groups in total. The number of piperidine rings is 1. The Bertz CT molecular complexity index is 685. The summed E-state index contributed by atoms with van der Waals surface area (Å²) in [5.74, 6) is -1.60. The van der Waals surface area contributed by atoms with Crippen molar-refractivity contribution in [2.75, 3.05) is 20.2 Å². The summed E-state index contributed by atoms with van der Waals surface area (Å²) < 4.78 is 36.1. The summed E-state index contributed by atoms with van der Waals surface area (Å²) in [6.07, 6.45) is 2.06. The van der Waals surface area contributed by atoms with E-state index in [1.165, 1.54) is 7.11 Å². The van der Waals surface area contributed by atoms with E-state index in [2.05, 4.69) is 10.1 Å². The van der Waals surface area contributed by atoms with Crippen LogP contribution in [0.2, 0.25) is 0 Å². The van der Waals surface area contributed by atoms with Crippen molar-refractivity contribution in [3.63, 3.8) is 0 Å². The Morgan fingerprint density at radius 2 is 2.08 bits per heavy atom. The first-order chi connectivity index (χ1) is 11.7. The van der Waals surface area contributed by atoms with Crippen LogP contribution in [0.1, 0.15) is 38.1 Å². The van der Waals surface area contributed by atoms with Gasteiger partial charge in [0.15, 0.2) is 11.6 Å². The van der Waals surface area contributed by atoms with E-state index in [-0.39, 0.29) is 0 Å². The lowest BCUT2D eigenvalue weighted by Crippen LogP contribution is -2.55. The highest BCUT2D eigenvalue weighted by molar-refractivity contribution is 5.80. The third kappa shape index (κ3) is 4.73. The lowest BCUT2D eigenvalue weighted by molar-refractivity contribution is -0.149. The summed E-state index contributed by atoms with van der Waals surface area (Å²) in [4.78, 5) is 13.8. The van der Waals surface area contributed by atoms with E-state index >= 15 is 0 Å². The Kier molecular flexibility index (Phi) is 6.07. The molecule has 0 aliphatic carbocycles. The van der Waals surface area contributed by atoms with Crippen LogP contribution in [0.5, 0.6) is 0 Å². The van der Waals surface area contributed by atoms with Crippen LogP contribution >= 0.6 is 0 Å². The van der Waals surface area contributed by atoms with Gasteiger partial charge in [-0.1, -0.05) is 5.16 Å². The van der Waals surface area contributed by atoms with Crippen LogP contribution in [-0.2, 0) is 16.1 Å². The van der Waals surface area contributed by atoms with Crippen molar-refractivity contribution in [3.05, 3.63) is 35.3 Å². The first kappa shape index (κ1) is 19.3. The maximum Gasteiger partial charge on any atom is 0.325 e. The molecule has 0 aromatic carbocycles. The number of allylic oxidation sites excluding steroid dienone is 4. The van der Waals surface area contributed by atoms with E-state index in [0.717, 1.165) is 13.0 Å². The fourth-order valence-electron chi connectivity index (χ4n) is 2.67. The summed E-state index contributed by atoms with van der Waals surface area (Å²) in [7, 11) is 1.33. The molecule has 0 radical (unpaired) electrons. The number of hydrogen-bond acceptors (Lipinski definition) is 6. The lowest BCUT2D eigenvalue weighted by Gasteiger charge is -2.36. The lowest BCUT2D eigenvalue weighted by atomic mass is 9.88. The number of aromatic nitrogens is 1. The van der Waals surface area contributed by atoms with E-state index < -0.39 is 23.2 Å². The molecular formula is C17H23F2N3O3. The van der Waals surface area contributed by atoms with Gasteiger partial charge in [-0.25, -0.2) is 8.78 Å². The van der Waals surface area contributed by atoms with Crippen LogP contribution in [0.3, 0.4) is 0 Å². The molecule has 0 saturated carbocycles. The number of nitrogens with zero attached hydrogens (tertiary/aromatic N) is 2. The maximum atomic E-state index is 13.3. The number of likely N-dealkylation sites (tertiary alicyclic amines) is 1. The second kappa shape index (κ2) is 7.88. The average molecular weight is 355 g/mol. The van der Waals surface area contributed by atoms with Crippen molar-refractivity contribution in [3.8, 4) is 0 Å². The fraction of sp³-hybridized carbons (Fsp3) is 0.529. The van der Waals surface area contributed by atoms with Crippen LogP contribution in [0, 0.1) is 0 Å². The highest BCUT2D eigenvalue weighted by Gasteiger charge is 2.38. The first-order valence-electron chi connectivity index (χ1n) is 8.01. The predicted octanol–water partition coefficient (Wildman–Crippen LogP) is 2.71. The number of carbonyl (C=O) groups excluding carboxylic acids is 1. The summed E-state index contributed by atoms with van der Waals surface area (Å²) >= 11 is 0. The van der Waals surface area contributed by atoms with Crippen LogP contribution in [0.15, 0.2) is 28.3 Å².